The summed E-state index contributed by atoms with van der Waals surface area (Å²) in [4.78, 5) is 11.3. The number of halogens is 4. The number of carbonyl (C=O) groups excluding carboxylic acids is 1. The van der Waals surface area contributed by atoms with Gasteiger partial charge < -0.3 is 15.2 Å². The molecule has 2 N–H and O–H groups in total. The molecule has 0 amide bonds. The first-order valence-electron chi connectivity index (χ1n) is 5.44. The molecule has 0 bridgehead atoms. The Labute approximate surface area is 120 Å². The molecule has 8 heteroatoms. The molecule has 0 heterocycles. The van der Waals surface area contributed by atoms with E-state index in [1.807, 2.05) is 0 Å². The molecule has 1 aromatic carbocycles. The van der Waals surface area contributed by atoms with Crippen LogP contribution in [0, 0.1) is 0 Å². The van der Waals surface area contributed by atoms with E-state index >= 15 is 0 Å². The molecular formula is C12H15ClF3NO3. The highest BCUT2D eigenvalue weighted by Gasteiger charge is 2.30. The molecule has 0 fully saturated rings. The zero-order valence-electron chi connectivity index (χ0n) is 10.6. The Balaban J connectivity index is 0.00000361. The van der Waals surface area contributed by atoms with Crippen molar-refractivity contribution in [1.82, 2.24) is 0 Å². The Bertz CT molecular complexity index is 440. The van der Waals surface area contributed by atoms with E-state index in [0.717, 1.165) is 0 Å². The van der Waals surface area contributed by atoms with E-state index in [4.69, 9.17) is 10.5 Å². The fourth-order valence-electron chi connectivity index (χ4n) is 1.45. The molecule has 114 valence electrons. The van der Waals surface area contributed by atoms with Crippen LogP contribution in [0.15, 0.2) is 24.3 Å². The van der Waals surface area contributed by atoms with Gasteiger partial charge in [0.05, 0.1) is 7.11 Å². The van der Waals surface area contributed by atoms with Gasteiger partial charge in [-0.15, -0.1) is 12.4 Å². The smallest absolute Gasteiger partial charge is 0.422 e. The van der Waals surface area contributed by atoms with Crippen molar-refractivity contribution in [2.75, 3.05) is 13.7 Å². The first kappa shape index (κ1) is 18.5. The van der Waals surface area contributed by atoms with Gasteiger partial charge in [0.25, 0.3) is 0 Å². The van der Waals surface area contributed by atoms with E-state index in [0.29, 0.717) is 11.3 Å². The van der Waals surface area contributed by atoms with Crippen molar-refractivity contribution in [3.05, 3.63) is 29.8 Å². The molecule has 0 unspecified atom stereocenters. The summed E-state index contributed by atoms with van der Waals surface area (Å²) in [5.74, 6) is -0.579. The number of esters is 1. The highest BCUT2D eigenvalue weighted by atomic mass is 35.5. The molecule has 0 aliphatic rings. The summed E-state index contributed by atoms with van der Waals surface area (Å²) in [6.07, 6.45) is -4.51. The van der Waals surface area contributed by atoms with Gasteiger partial charge in [-0.05, 0) is 11.6 Å². The van der Waals surface area contributed by atoms with Gasteiger partial charge in [0.1, 0.15) is 11.8 Å². The molecule has 1 aromatic rings. The van der Waals surface area contributed by atoms with Crippen LogP contribution in [0.1, 0.15) is 5.56 Å². The van der Waals surface area contributed by atoms with Crippen molar-refractivity contribution >= 4 is 18.4 Å². The molecule has 0 saturated heterocycles. The van der Waals surface area contributed by atoms with E-state index in [1.165, 1.54) is 7.11 Å². The van der Waals surface area contributed by atoms with Gasteiger partial charge in [0, 0.05) is 6.42 Å². The van der Waals surface area contributed by atoms with Crippen LogP contribution >= 0.6 is 12.4 Å². The van der Waals surface area contributed by atoms with Gasteiger partial charge in [-0.2, -0.15) is 13.2 Å². The maximum Gasteiger partial charge on any atom is 0.422 e. The number of alkyl halides is 3. The minimum Gasteiger partial charge on any atom is -0.496 e. The second-order valence-corrected chi connectivity index (χ2v) is 3.85. The van der Waals surface area contributed by atoms with Gasteiger partial charge in [-0.1, -0.05) is 18.2 Å². The molecule has 0 saturated carbocycles. The van der Waals surface area contributed by atoms with E-state index in [2.05, 4.69) is 4.74 Å². The third kappa shape index (κ3) is 6.12. The normalized spacial score (nSPS) is 12.2. The average molecular weight is 314 g/mol. The Morgan fingerprint density at radius 3 is 2.50 bits per heavy atom. The number of rotatable bonds is 5. The van der Waals surface area contributed by atoms with Gasteiger partial charge in [0.2, 0.25) is 0 Å². The van der Waals surface area contributed by atoms with Crippen LogP contribution in [0.5, 0.6) is 5.75 Å². The molecule has 1 rings (SSSR count). The number of nitrogens with two attached hydrogens (primary N) is 1. The van der Waals surface area contributed by atoms with Crippen LogP contribution < -0.4 is 10.5 Å². The Hall–Kier alpha value is -1.47. The second kappa shape index (κ2) is 7.96. The van der Waals surface area contributed by atoms with Gasteiger partial charge in [0.15, 0.2) is 6.61 Å². The Morgan fingerprint density at radius 2 is 1.95 bits per heavy atom. The van der Waals surface area contributed by atoms with Crippen molar-refractivity contribution in [2.24, 2.45) is 5.73 Å². The first-order valence-corrected chi connectivity index (χ1v) is 5.44. The molecule has 20 heavy (non-hydrogen) atoms. The third-order valence-corrected chi connectivity index (χ3v) is 2.31. The molecule has 0 aliphatic carbocycles. The van der Waals surface area contributed by atoms with E-state index in [9.17, 15) is 18.0 Å². The number of benzene rings is 1. The van der Waals surface area contributed by atoms with Crippen LogP contribution in [0.3, 0.4) is 0 Å². The zero-order chi connectivity index (χ0) is 14.5. The predicted octanol–water partition coefficient (Wildman–Crippen LogP) is 2.09. The number of hydrogen-bond acceptors (Lipinski definition) is 4. The van der Waals surface area contributed by atoms with Crippen molar-refractivity contribution in [3.8, 4) is 5.75 Å². The zero-order valence-corrected chi connectivity index (χ0v) is 11.5. The third-order valence-electron chi connectivity index (χ3n) is 2.31. The topological polar surface area (TPSA) is 61.5 Å². The monoisotopic (exact) mass is 313 g/mol. The van der Waals surface area contributed by atoms with E-state index < -0.39 is 24.8 Å². The van der Waals surface area contributed by atoms with Gasteiger partial charge in [-0.3, -0.25) is 4.79 Å². The second-order valence-electron chi connectivity index (χ2n) is 3.85. The average Bonchev–Trinajstić information content (AvgIpc) is 2.35. The summed E-state index contributed by atoms with van der Waals surface area (Å²) in [7, 11) is 1.45. The highest BCUT2D eigenvalue weighted by molar-refractivity contribution is 5.85. The van der Waals surface area contributed by atoms with Crippen molar-refractivity contribution in [2.45, 2.75) is 18.6 Å². The van der Waals surface area contributed by atoms with Gasteiger partial charge >= 0.3 is 12.1 Å². The van der Waals surface area contributed by atoms with Crippen molar-refractivity contribution in [1.29, 1.82) is 0 Å². The highest BCUT2D eigenvalue weighted by Crippen LogP contribution is 2.19. The quantitative estimate of drug-likeness (QED) is 0.846. The lowest BCUT2D eigenvalue weighted by molar-refractivity contribution is -0.187. The van der Waals surface area contributed by atoms with E-state index in [1.54, 1.807) is 24.3 Å². The minimum atomic E-state index is -4.56. The number of carbonyl (C=O) groups is 1. The minimum absolute atomic E-state index is 0. The van der Waals surface area contributed by atoms with Crippen LogP contribution in [-0.2, 0) is 16.0 Å². The summed E-state index contributed by atoms with van der Waals surface area (Å²) >= 11 is 0. The SMILES string of the molecule is COc1ccccc1C[C@H](N)C(=O)OCC(F)(F)F.Cl. The summed E-state index contributed by atoms with van der Waals surface area (Å²) in [6.45, 7) is -1.63. The fourth-order valence-corrected chi connectivity index (χ4v) is 1.45. The summed E-state index contributed by atoms with van der Waals surface area (Å²) in [5.41, 5.74) is 6.13. The number of methoxy groups -OCH3 is 1. The molecule has 4 nitrogen and oxygen atoms in total. The van der Waals surface area contributed by atoms with Crippen LogP contribution in [0.25, 0.3) is 0 Å². The molecule has 0 spiro atoms. The van der Waals surface area contributed by atoms with Crippen molar-refractivity contribution < 1.29 is 27.4 Å². The standard InChI is InChI=1S/C12H14F3NO3.ClH/c1-18-10-5-3-2-4-8(10)6-9(16)11(17)19-7-12(13,14)15;/h2-5,9H,6-7,16H2,1H3;1H/t9-;/m0./s1. The molecule has 0 aliphatic heterocycles. The number of hydrogen-bond donors (Lipinski definition) is 1. The Morgan fingerprint density at radius 1 is 1.35 bits per heavy atom. The molecular weight excluding hydrogens is 299 g/mol. The largest absolute Gasteiger partial charge is 0.496 e. The number of para-hydroxylation sites is 1. The Kier molecular flexibility index (Phi) is 7.38. The lowest BCUT2D eigenvalue weighted by Crippen LogP contribution is -2.36. The lowest BCUT2D eigenvalue weighted by atomic mass is 10.1. The van der Waals surface area contributed by atoms with Crippen LogP contribution in [0.4, 0.5) is 13.2 Å². The summed E-state index contributed by atoms with van der Waals surface area (Å²) < 4.78 is 44.8. The first-order chi connectivity index (χ1) is 8.83. The van der Waals surface area contributed by atoms with E-state index in [-0.39, 0.29) is 18.8 Å². The summed E-state index contributed by atoms with van der Waals surface area (Å²) in [5, 5.41) is 0. The summed E-state index contributed by atoms with van der Waals surface area (Å²) in [6, 6.07) is 5.62. The molecule has 0 aromatic heterocycles. The fraction of sp³-hybridized carbons (Fsp3) is 0.417. The van der Waals surface area contributed by atoms with Gasteiger partial charge in [-0.25, -0.2) is 0 Å². The number of ether oxygens (including phenoxy) is 2. The molecule has 1 atom stereocenters. The maximum absolute atomic E-state index is 11.9. The molecule has 0 radical (unpaired) electrons. The lowest BCUT2D eigenvalue weighted by Gasteiger charge is -2.14. The predicted molar refractivity (Wildman–Crippen MR) is 68.9 cm³/mol. The van der Waals surface area contributed by atoms with Crippen LogP contribution in [-0.4, -0.2) is 31.9 Å². The van der Waals surface area contributed by atoms with Crippen molar-refractivity contribution in [3.63, 3.8) is 0 Å². The van der Waals surface area contributed by atoms with Crippen LogP contribution in [0.2, 0.25) is 0 Å². The maximum atomic E-state index is 11.9.